The van der Waals surface area contributed by atoms with Crippen LogP contribution in [0.15, 0.2) is 194 Å². The number of nitrogens with zero attached hydrogens (tertiary/aromatic N) is 1. The molecule has 284 valence electrons. The van der Waals surface area contributed by atoms with Crippen LogP contribution in [0.1, 0.15) is 49.9 Å². The molecule has 2 aliphatic carbocycles. The van der Waals surface area contributed by atoms with Gasteiger partial charge in [-0.25, -0.2) is 0 Å². The number of fused-ring (bicyclic) bond motifs is 10. The van der Waals surface area contributed by atoms with Gasteiger partial charge >= 0.3 is 7.12 Å². The van der Waals surface area contributed by atoms with E-state index in [-0.39, 0.29) is 0 Å². The summed E-state index contributed by atoms with van der Waals surface area (Å²) in [6.07, 6.45) is 0. The van der Waals surface area contributed by atoms with Gasteiger partial charge < -0.3 is 14.2 Å². The minimum absolute atomic E-state index is 0.462. The van der Waals surface area contributed by atoms with Crippen LogP contribution in [0.4, 0.5) is 17.1 Å². The SMILES string of the molecule is CC1(C)OB(c2cccc3c2-c2ccccc2C32c3ccccc3-c3ccc(N(c4ccc(-c5ccccc5)cc4)c4ccccc4-c4ccccc4)cc32)OC1(C)C. The summed E-state index contributed by atoms with van der Waals surface area (Å²) in [5, 5.41) is 0. The molecule has 1 spiro atoms. The van der Waals surface area contributed by atoms with Gasteiger partial charge in [-0.3, -0.25) is 0 Å². The fraction of sp³-hybridized carbons (Fsp3) is 0.127. The van der Waals surface area contributed by atoms with Crippen LogP contribution in [-0.2, 0) is 14.7 Å². The molecular formula is C55H44BNO2. The van der Waals surface area contributed by atoms with Gasteiger partial charge in [0.1, 0.15) is 0 Å². The third kappa shape index (κ3) is 5.30. The Morgan fingerprint density at radius 1 is 0.390 bits per heavy atom. The third-order valence-electron chi connectivity index (χ3n) is 13.4. The highest BCUT2D eigenvalue weighted by Gasteiger charge is 2.56. The predicted molar refractivity (Wildman–Crippen MR) is 244 cm³/mol. The second-order valence-electron chi connectivity index (χ2n) is 17.1. The molecular weight excluding hydrogens is 717 g/mol. The topological polar surface area (TPSA) is 21.7 Å². The van der Waals surface area contributed by atoms with E-state index in [0.717, 1.165) is 22.5 Å². The predicted octanol–water partition coefficient (Wildman–Crippen LogP) is 13.1. The summed E-state index contributed by atoms with van der Waals surface area (Å²) in [6.45, 7) is 8.53. The summed E-state index contributed by atoms with van der Waals surface area (Å²) in [5.74, 6) is 0. The first-order valence-electron chi connectivity index (χ1n) is 20.7. The third-order valence-corrected chi connectivity index (χ3v) is 13.4. The molecule has 8 aromatic rings. The first kappa shape index (κ1) is 35.7. The number of hydrogen-bond donors (Lipinski definition) is 0. The zero-order chi connectivity index (χ0) is 39.9. The first-order valence-corrected chi connectivity index (χ1v) is 20.7. The monoisotopic (exact) mass is 761 g/mol. The molecule has 8 aromatic carbocycles. The molecule has 1 fully saturated rings. The molecule has 1 saturated heterocycles. The first-order chi connectivity index (χ1) is 28.8. The summed E-state index contributed by atoms with van der Waals surface area (Å²) in [4.78, 5) is 2.44. The van der Waals surface area contributed by atoms with E-state index in [1.165, 1.54) is 66.8 Å². The summed E-state index contributed by atoms with van der Waals surface area (Å²) in [6, 6.07) is 71.0. The molecule has 1 heterocycles. The smallest absolute Gasteiger partial charge is 0.399 e. The minimum atomic E-state index is -0.560. The highest BCUT2D eigenvalue weighted by atomic mass is 16.7. The molecule has 0 amide bonds. The lowest BCUT2D eigenvalue weighted by molar-refractivity contribution is 0.00578. The van der Waals surface area contributed by atoms with Gasteiger partial charge in [0.15, 0.2) is 0 Å². The lowest BCUT2D eigenvalue weighted by atomic mass is 9.68. The molecule has 3 nitrogen and oxygen atoms in total. The van der Waals surface area contributed by atoms with Crippen molar-refractivity contribution in [2.45, 2.75) is 44.3 Å². The van der Waals surface area contributed by atoms with E-state index >= 15 is 0 Å². The van der Waals surface area contributed by atoms with Gasteiger partial charge in [0, 0.05) is 16.9 Å². The molecule has 3 aliphatic rings. The van der Waals surface area contributed by atoms with Gasteiger partial charge in [-0.2, -0.15) is 0 Å². The van der Waals surface area contributed by atoms with Crippen molar-refractivity contribution in [3.05, 3.63) is 216 Å². The van der Waals surface area contributed by atoms with Crippen molar-refractivity contribution in [2.24, 2.45) is 0 Å². The summed E-state index contributed by atoms with van der Waals surface area (Å²) < 4.78 is 13.6. The summed E-state index contributed by atoms with van der Waals surface area (Å²) in [5.41, 5.74) is 17.7. The van der Waals surface area contributed by atoms with Crippen LogP contribution < -0.4 is 10.4 Å². The molecule has 0 bridgehead atoms. The highest BCUT2D eigenvalue weighted by molar-refractivity contribution is 6.64. The largest absolute Gasteiger partial charge is 0.495 e. The quantitative estimate of drug-likeness (QED) is 0.158. The van der Waals surface area contributed by atoms with Crippen molar-refractivity contribution in [1.29, 1.82) is 0 Å². The van der Waals surface area contributed by atoms with E-state index < -0.39 is 23.7 Å². The Labute approximate surface area is 347 Å². The molecule has 0 N–H and O–H groups in total. The molecule has 1 atom stereocenters. The zero-order valence-corrected chi connectivity index (χ0v) is 33.8. The van der Waals surface area contributed by atoms with Crippen LogP contribution in [0.25, 0.3) is 44.5 Å². The van der Waals surface area contributed by atoms with Gasteiger partial charge in [-0.15, -0.1) is 0 Å². The number of benzene rings is 8. The van der Waals surface area contributed by atoms with E-state index in [4.69, 9.17) is 9.31 Å². The van der Waals surface area contributed by atoms with Gasteiger partial charge in [0.05, 0.1) is 22.3 Å². The molecule has 1 aliphatic heterocycles. The van der Waals surface area contributed by atoms with Gasteiger partial charge in [0.25, 0.3) is 0 Å². The molecule has 11 rings (SSSR count). The maximum Gasteiger partial charge on any atom is 0.495 e. The Balaban J connectivity index is 1.16. The number of rotatable bonds is 6. The second-order valence-corrected chi connectivity index (χ2v) is 17.1. The van der Waals surface area contributed by atoms with Gasteiger partial charge in [-0.1, -0.05) is 164 Å². The fourth-order valence-electron chi connectivity index (χ4n) is 9.90. The van der Waals surface area contributed by atoms with E-state index in [1.54, 1.807) is 0 Å². The standard InChI is InChI=1S/C55H44BNO2/c1-53(2)54(3,4)59-56(58-53)50-28-17-27-48-52(50)45-24-12-15-26-47(45)55(48)46-25-14-11-23-43(46)44-35-34-41(36-49(44)55)57(40-32-30-38(31-33-40)37-18-7-5-8-19-37)51-29-16-13-22-42(51)39-20-9-6-10-21-39/h5-36H,1-4H3. The maximum absolute atomic E-state index is 6.78. The maximum atomic E-state index is 6.78. The zero-order valence-electron chi connectivity index (χ0n) is 33.8. The Morgan fingerprint density at radius 2 is 0.898 bits per heavy atom. The van der Waals surface area contributed by atoms with E-state index in [2.05, 4.69) is 227 Å². The van der Waals surface area contributed by atoms with Crippen LogP contribution in [0.5, 0.6) is 0 Å². The van der Waals surface area contributed by atoms with E-state index in [9.17, 15) is 0 Å². The van der Waals surface area contributed by atoms with Crippen molar-refractivity contribution < 1.29 is 9.31 Å². The van der Waals surface area contributed by atoms with Crippen molar-refractivity contribution in [1.82, 2.24) is 0 Å². The average molecular weight is 762 g/mol. The van der Waals surface area contributed by atoms with Crippen molar-refractivity contribution >= 4 is 29.6 Å². The molecule has 1 unspecified atom stereocenters. The lowest BCUT2D eigenvalue weighted by Gasteiger charge is -2.33. The van der Waals surface area contributed by atoms with Gasteiger partial charge in [-0.05, 0) is 125 Å². The molecule has 0 saturated carbocycles. The van der Waals surface area contributed by atoms with Crippen LogP contribution >= 0.6 is 0 Å². The molecule has 4 heteroatoms. The van der Waals surface area contributed by atoms with Crippen LogP contribution in [0.2, 0.25) is 0 Å². The Morgan fingerprint density at radius 3 is 1.59 bits per heavy atom. The van der Waals surface area contributed by atoms with E-state index in [1.807, 2.05) is 0 Å². The molecule has 0 radical (unpaired) electrons. The minimum Gasteiger partial charge on any atom is -0.399 e. The number of hydrogen-bond acceptors (Lipinski definition) is 3. The Bertz CT molecular complexity index is 2890. The van der Waals surface area contributed by atoms with Crippen molar-refractivity contribution in [3.8, 4) is 44.5 Å². The Hall–Kier alpha value is -6.46. The summed E-state index contributed by atoms with van der Waals surface area (Å²) >= 11 is 0. The van der Waals surface area contributed by atoms with Crippen LogP contribution in [0, 0.1) is 0 Å². The molecule has 0 aromatic heterocycles. The van der Waals surface area contributed by atoms with Gasteiger partial charge in [0.2, 0.25) is 0 Å². The molecule has 59 heavy (non-hydrogen) atoms. The van der Waals surface area contributed by atoms with Crippen LogP contribution in [-0.4, -0.2) is 18.3 Å². The van der Waals surface area contributed by atoms with Crippen molar-refractivity contribution in [2.75, 3.05) is 4.90 Å². The average Bonchev–Trinajstić information content (AvgIpc) is 3.83. The van der Waals surface area contributed by atoms with E-state index in [0.29, 0.717) is 0 Å². The number of para-hydroxylation sites is 1. The van der Waals surface area contributed by atoms with Crippen LogP contribution in [0.3, 0.4) is 0 Å². The fourth-order valence-corrected chi connectivity index (χ4v) is 9.90. The van der Waals surface area contributed by atoms with Crippen molar-refractivity contribution in [3.63, 3.8) is 0 Å². The Kier molecular flexibility index (Phi) is 8.04. The highest BCUT2D eigenvalue weighted by Crippen LogP contribution is 2.63. The lowest BCUT2D eigenvalue weighted by Crippen LogP contribution is -2.41. The normalized spacial score (nSPS) is 17.7. The second kappa shape index (κ2) is 13.3. The number of anilines is 3. The summed E-state index contributed by atoms with van der Waals surface area (Å²) in [7, 11) is -0.496.